The van der Waals surface area contributed by atoms with Crippen LogP contribution in [0.2, 0.25) is 0 Å². The number of carbonyl (C=O) groups excluding carboxylic acids is 1. The summed E-state index contributed by atoms with van der Waals surface area (Å²) in [4.78, 5) is 25.0. The monoisotopic (exact) mass is 303 g/mol. The molecule has 2 rings (SSSR count). The molecule has 0 bridgehead atoms. The van der Waals surface area contributed by atoms with Gasteiger partial charge in [0.05, 0.1) is 5.92 Å². The Bertz CT molecular complexity index is 641. The smallest absolute Gasteiger partial charge is 0.323 e. The first-order chi connectivity index (χ1) is 10.4. The van der Waals surface area contributed by atoms with Crippen LogP contribution in [-0.4, -0.2) is 35.0 Å². The van der Waals surface area contributed by atoms with Crippen LogP contribution in [0, 0.1) is 5.92 Å². The molecule has 0 saturated heterocycles. The van der Waals surface area contributed by atoms with E-state index in [-0.39, 0.29) is 18.4 Å². The van der Waals surface area contributed by atoms with E-state index in [0.717, 1.165) is 11.0 Å². The summed E-state index contributed by atoms with van der Waals surface area (Å²) in [5, 5.41) is 9.93. The summed E-state index contributed by atoms with van der Waals surface area (Å²) in [7, 11) is 0. The van der Waals surface area contributed by atoms with Crippen molar-refractivity contribution in [3.8, 4) is 0 Å². The number of aliphatic carboxylic acids is 1. The molecule has 1 N–H and O–H groups in total. The molecule has 1 aromatic carbocycles. The first-order valence-corrected chi connectivity index (χ1v) is 7.37. The zero-order chi connectivity index (χ0) is 16.3. The number of carboxylic acid groups (broad SMARTS) is 1. The van der Waals surface area contributed by atoms with Gasteiger partial charge in [-0.3, -0.25) is 9.59 Å². The van der Waals surface area contributed by atoms with Crippen LogP contribution in [-0.2, 0) is 9.59 Å². The quantitative estimate of drug-likeness (QED) is 0.890. The van der Waals surface area contributed by atoms with Crippen LogP contribution in [0.5, 0.6) is 0 Å². The van der Waals surface area contributed by atoms with Crippen LogP contribution >= 0.6 is 0 Å². The number of carboxylic acids is 1. The van der Waals surface area contributed by atoms with Crippen molar-refractivity contribution in [2.45, 2.75) is 26.7 Å². The second kappa shape index (κ2) is 6.64. The molecule has 2 aromatic rings. The lowest BCUT2D eigenvalue weighted by atomic mass is 10.1. The average Bonchev–Trinajstić information content (AvgIpc) is 2.87. The molecule has 1 aromatic heterocycles. The molecule has 1 unspecified atom stereocenters. The minimum Gasteiger partial charge on any atom is -0.480 e. The second-order valence-electron chi connectivity index (χ2n) is 5.91. The fraction of sp³-hybridized carbons (Fsp3) is 0.412. The molecule has 0 saturated carbocycles. The van der Waals surface area contributed by atoms with Gasteiger partial charge in [0.15, 0.2) is 0 Å². The predicted molar refractivity (Wildman–Crippen MR) is 83.7 cm³/mol. The van der Waals surface area contributed by atoms with Crippen LogP contribution in [0.15, 0.2) is 34.7 Å². The number of para-hydroxylation sites is 1. The first-order valence-electron chi connectivity index (χ1n) is 7.37. The molecule has 0 aliphatic rings. The largest absolute Gasteiger partial charge is 0.480 e. The summed E-state index contributed by atoms with van der Waals surface area (Å²) in [6, 6.07) is 9.38. The van der Waals surface area contributed by atoms with E-state index in [0.29, 0.717) is 12.3 Å². The van der Waals surface area contributed by atoms with E-state index < -0.39 is 11.9 Å². The number of fused-ring (bicyclic) bond motifs is 1. The summed E-state index contributed by atoms with van der Waals surface area (Å²) < 4.78 is 5.72. The zero-order valence-electron chi connectivity index (χ0n) is 13.1. The molecule has 1 heterocycles. The van der Waals surface area contributed by atoms with Gasteiger partial charge >= 0.3 is 5.97 Å². The molecule has 0 spiro atoms. The third-order valence-electron chi connectivity index (χ3n) is 3.47. The van der Waals surface area contributed by atoms with Crippen LogP contribution in [0.4, 0.5) is 0 Å². The Morgan fingerprint density at radius 2 is 1.91 bits per heavy atom. The van der Waals surface area contributed by atoms with Gasteiger partial charge in [-0.1, -0.05) is 32.0 Å². The Kier molecular flexibility index (Phi) is 4.85. The molecule has 5 heteroatoms. The number of amides is 1. The Morgan fingerprint density at radius 1 is 1.23 bits per heavy atom. The molecule has 0 fully saturated rings. The van der Waals surface area contributed by atoms with E-state index in [2.05, 4.69) is 0 Å². The number of hydrogen-bond acceptors (Lipinski definition) is 3. The molecule has 1 amide bonds. The van der Waals surface area contributed by atoms with Crippen molar-refractivity contribution >= 4 is 22.8 Å². The summed E-state index contributed by atoms with van der Waals surface area (Å²) in [5.74, 6) is -0.983. The highest BCUT2D eigenvalue weighted by Crippen LogP contribution is 2.26. The molecule has 0 aliphatic heterocycles. The molecule has 5 nitrogen and oxygen atoms in total. The maximum atomic E-state index is 12.6. The lowest BCUT2D eigenvalue weighted by Gasteiger charge is -2.25. The number of rotatable bonds is 6. The van der Waals surface area contributed by atoms with Gasteiger partial charge in [0.25, 0.3) is 0 Å². The third-order valence-corrected chi connectivity index (χ3v) is 3.47. The van der Waals surface area contributed by atoms with Crippen molar-refractivity contribution in [1.82, 2.24) is 4.90 Å². The maximum Gasteiger partial charge on any atom is 0.323 e. The third kappa shape index (κ3) is 3.67. The van der Waals surface area contributed by atoms with Crippen molar-refractivity contribution < 1.29 is 19.1 Å². The first kappa shape index (κ1) is 16.1. The Labute approximate surface area is 129 Å². The van der Waals surface area contributed by atoms with Crippen LogP contribution < -0.4 is 0 Å². The lowest BCUT2D eigenvalue weighted by molar-refractivity contribution is -0.145. The normalized spacial score (nSPS) is 12.5. The zero-order valence-corrected chi connectivity index (χ0v) is 13.1. The highest BCUT2D eigenvalue weighted by Gasteiger charge is 2.26. The highest BCUT2D eigenvalue weighted by molar-refractivity contribution is 5.87. The summed E-state index contributed by atoms with van der Waals surface area (Å²) >= 11 is 0. The van der Waals surface area contributed by atoms with Crippen molar-refractivity contribution in [3.63, 3.8) is 0 Å². The van der Waals surface area contributed by atoms with Gasteiger partial charge in [0.2, 0.25) is 5.91 Å². The maximum absolute atomic E-state index is 12.6. The molecule has 0 radical (unpaired) electrons. The van der Waals surface area contributed by atoms with Crippen molar-refractivity contribution in [2.75, 3.05) is 13.1 Å². The lowest BCUT2D eigenvalue weighted by Crippen LogP contribution is -2.40. The van der Waals surface area contributed by atoms with Crippen LogP contribution in [0.1, 0.15) is 32.4 Å². The number of nitrogens with zero attached hydrogens (tertiary/aromatic N) is 1. The predicted octanol–water partition coefficient (Wildman–Crippen LogP) is 3.11. The standard InChI is InChI=1S/C17H21NO4/c1-11(2)9-18(10-16(19)20)17(21)12(3)15-8-13-6-4-5-7-14(13)22-15/h4-8,11-12H,9-10H2,1-3H3,(H,19,20). The molecular weight excluding hydrogens is 282 g/mol. The summed E-state index contributed by atoms with van der Waals surface area (Å²) in [5.41, 5.74) is 0.728. The highest BCUT2D eigenvalue weighted by atomic mass is 16.4. The Morgan fingerprint density at radius 3 is 2.50 bits per heavy atom. The van der Waals surface area contributed by atoms with E-state index in [1.54, 1.807) is 6.92 Å². The number of benzene rings is 1. The van der Waals surface area contributed by atoms with Crippen LogP contribution in [0.3, 0.4) is 0 Å². The number of carbonyl (C=O) groups is 2. The van der Waals surface area contributed by atoms with E-state index in [1.807, 2.05) is 44.2 Å². The second-order valence-corrected chi connectivity index (χ2v) is 5.91. The summed E-state index contributed by atoms with van der Waals surface area (Å²) in [6.07, 6.45) is 0. The fourth-order valence-electron chi connectivity index (χ4n) is 2.45. The molecule has 0 aliphatic carbocycles. The van der Waals surface area contributed by atoms with E-state index in [1.165, 1.54) is 4.90 Å². The van der Waals surface area contributed by atoms with Crippen molar-refractivity contribution in [2.24, 2.45) is 5.92 Å². The van der Waals surface area contributed by atoms with Gasteiger partial charge in [-0.25, -0.2) is 0 Å². The van der Waals surface area contributed by atoms with Gasteiger partial charge in [0, 0.05) is 11.9 Å². The topological polar surface area (TPSA) is 70.8 Å². The van der Waals surface area contributed by atoms with E-state index in [9.17, 15) is 9.59 Å². The molecule has 118 valence electrons. The van der Waals surface area contributed by atoms with Gasteiger partial charge in [-0.15, -0.1) is 0 Å². The van der Waals surface area contributed by atoms with Crippen molar-refractivity contribution in [3.05, 3.63) is 36.1 Å². The Balaban J connectivity index is 2.22. The van der Waals surface area contributed by atoms with Crippen molar-refractivity contribution in [1.29, 1.82) is 0 Å². The summed E-state index contributed by atoms with van der Waals surface area (Å²) in [6.45, 7) is 5.77. The minimum absolute atomic E-state index is 0.200. The number of hydrogen-bond donors (Lipinski definition) is 1. The van der Waals surface area contributed by atoms with Gasteiger partial charge < -0.3 is 14.4 Å². The average molecular weight is 303 g/mol. The van der Waals surface area contributed by atoms with E-state index >= 15 is 0 Å². The molecule has 22 heavy (non-hydrogen) atoms. The SMILES string of the molecule is CC(C)CN(CC(=O)O)C(=O)C(C)c1cc2ccccc2o1. The van der Waals surface area contributed by atoms with Crippen LogP contribution in [0.25, 0.3) is 11.0 Å². The molecular formula is C17H21NO4. The van der Waals surface area contributed by atoms with E-state index in [4.69, 9.17) is 9.52 Å². The molecule has 1 atom stereocenters. The van der Waals surface area contributed by atoms with Gasteiger partial charge in [-0.2, -0.15) is 0 Å². The Hall–Kier alpha value is -2.30. The van der Waals surface area contributed by atoms with Gasteiger partial charge in [0.1, 0.15) is 17.9 Å². The fourth-order valence-corrected chi connectivity index (χ4v) is 2.45. The minimum atomic E-state index is -1.01. The van der Waals surface area contributed by atoms with Gasteiger partial charge in [-0.05, 0) is 25.0 Å². The number of furan rings is 1.